The molecule has 3 rings (SSSR count). The predicted octanol–water partition coefficient (Wildman–Crippen LogP) is 2.01. The van der Waals surface area contributed by atoms with E-state index in [2.05, 4.69) is 4.72 Å². The number of anilines is 1. The molecule has 1 saturated heterocycles. The summed E-state index contributed by atoms with van der Waals surface area (Å²) in [6.45, 7) is 4.08. The molecular weight excluding hydrogens is 352 g/mol. The van der Waals surface area contributed by atoms with Gasteiger partial charge < -0.3 is 9.64 Å². The second-order valence-corrected chi connectivity index (χ2v) is 8.13. The summed E-state index contributed by atoms with van der Waals surface area (Å²) in [4.78, 5) is 14.0. The van der Waals surface area contributed by atoms with Crippen LogP contribution >= 0.6 is 0 Å². The molecule has 0 radical (unpaired) electrons. The van der Waals surface area contributed by atoms with Gasteiger partial charge in [-0.3, -0.25) is 4.79 Å². The summed E-state index contributed by atoms with van der Waals surface area (Å²) in [5.74, 6) is -0.133. The Kier molecular flexibility index (Phi) is 5.41. The molecule has 1 aliphatic rings. The quantitative estimate of drug-likeness (QED) is 0.869. The van der Waals surface area contributed by atoms with Crippen LogP contribution in [0, 0.1) is 13.8 Å². The van der Waals surface area contributed by atoms with Crippen molar-refractivity contribution < 1.29 is 17.9 Å². The minimum absolute atomic E-state index is 0.0648. The zero-order valence-corrected chi connectivity index (χ0v) is 15.6. The van der Waals surface area contributed by atoms with Crippen molar-refractivity contribution in [1.29, 1.82) is 0 Å². The van der Waals surface area contributed by atoms with Gasteiger partial charge in [-0.1, -0.05) is 35.9 Å². The van der Waals surface area contributed by atoms with Crippen LogP contribution in [0.1, 0.15) is 11.1 Å². The minimum Gasteiger partial charge on any atom is -0.365 e. The van der Waals surface area contributed by atoms with Crippen LogP contribution in [0.15, 0.2) is 53.4 Å². The maximum absolute atomic E-state index is 12.5. The maximum atomic E-state index is 12.5. The van der Waals surface area contributed by atoms with Gasteiger partial charge in [0.15, 0.2) is 0 Å². The summed E-state index contributed by atoms with van der Waals surface area (Å²) < 4.78 is 33.1. The number of hydrogen-bond donors (Lipinski definition) is 1. The van der Waals surface area contributed by atoms with E-state index in [1.54, 1.807) is 36.1 Å². The number of rotatable bonds is 5. The van der Waals surface area contributed by atoms with Crippen LogP contribution in [-0.2, 0) is 19.6 Å². The second-order valence-electron chi connectivity index (χ2n) is 6.39. The smallest absolute Gasteiger partial charge is 0.253 e. The molecule has 2 aromatic rings. The Labute approximate surface area is 153 Å². The molecule has 0 aromatic heterocycles. The third kappa shape index (κ3) is 4.12. The van der Waals surface area contributed by atoms with E-state index in [1.807, 2.05) is 31.2 Å². The molecule has 7 heteroatoms. The Morgan fingerprint density at radius 3 is 2.50 bits per heavy atom. The molecule has 0 bridgehead atoms. The molecule has 1 aliphatic heterocycles. The molecule has 1 amide bonds. The first kappa shape index (κ1) is 18.6. The Morgan fingerprint density at radius 1 is 1.12 bits per heavy atom. The largest absolute Gasteiger partial charge is 0.365 e. The van der Waals surface area contributed by atoms with E-state index in [4.69, 9.17) is 4.74 Å². The van der Waals surface area contributed by atoms with Gasteiger partial charge in [-0.05, 0) is 37.6 Å². The first-order chi connectivity index (χ1) is 12.4. The molecule has 26 heavy (non-hydrogen) atoms. The van der Waals surface area contributed by atoms with Crippen LogP contribution in [0.5, 0.6) is 0 Å². The summed E-state index contributed by atoms with van der Waals surface area (Å²) in [5.41, 5.74) is 2.58. The number of ether oxygens (including phenoxy) is 1. The van der Waals surface area contributed by atoms with Crippen LogP contribution in [0.2, 0.25) is 0 Å². The van der Waals surface area contributed by atoms with Crippen LogP contribution in [0.4, 0.5) is 5.69 Å². The van der Waals surface area contributed by atoms with Gasteiger partial charge in [0.05, 0.1) is 17.5 Å². The summed E-state index contributed by atoms with van der Waals surface area (Å²) in [7, 11) is -3.63. The first-order valence-electron chi connectivity index (χ1n) is 8.41. The lowest BCUT2D eigenvalue weighted by molar-refractivity contribution is -0.129. The highest BCUT2D eigenvalue weighted by molar-refractivity contribution is 7.89. The number of morpholine rings is 1. The lowest BCUT2D eigenvalue weighted by Crippen LogP contribution is -2.50. The van der Waals surface area contributed by atoms with Crippen molar-refractivity contribution in [2.45, 2.75) is 24.8 Å². The number of aryl methyl sites for hydroxylation is 2. The van der Waals surface area contributed by atoms with Crippen LogP contribution in [0.25, 0.3) is 0 Å². The number of nitrogens with one attached hydrogen (secondary N) is 1. The third-order valence-corrected chi connectivity index (χ3v) is 5.94. The average molecular weight is 374 g/mol. The lowest BCUT2D eigenvalue weighted by atomic mass is 10.2. The molecule has 138 valence electrons. The van der Waals surface area contributed by atoms with Gasteiger partial charge in [0.1, 0.15) is 6.61 Å². The summed E-state index contributed by atoms with van der Waals surface area (Å²) in [6, 6.07) is 14.5. The van der Waals surface area contributed by atoms with Crippen LogP contribution < -0.4 is 9.62 Å². The van der Waals surface area contributed by atoms with Crippen molar-refractivity contribution in [2.24, 2.45) is 0 Å². The van der Waals surface area contributed by atoms with Crippen molar-refractivity contribution in [1.82, 2.24) is 4.72 Å². The third-order valence-electron chi connectivity index (χ3n) is 4.36. The second kappa shape index (κ2) is 7.57. The summed E-state index contributed by atoms with van der Waals surface area (Å²) in [6.07, 6.45) is -0.409. The lowest BCUT2D eigenvalue weighted by Gasteiger charge is -2.33. The molecule has 1 fully saturated rings. The summed E-state index contributed by atoms with van der Waals surface area (Å²) in [5, 5.41) is 0. The molecule has 6 nitrogen and oxygen atoms in total. The Bertz CT molecular complexity index is 894. The summed E-state index contributed by atoms with van der Waals surface area (Å²) >= 11 is 0. The van der Waals surface area contributed by atoms with E-state index in [0.29, 0.717) is 12.1 Å². The Balaban J connectivity index is 1.68. The highest BCUT2D eigenvalue weighted by Gasteiger charge is 2.28. The van der Waals surface area contributed by atoms with Crippen LogP contribution in [-0.4, -0.2) is 40.1 Å². The van der Waals surface area contributed by atoms with E-state index < -0.39 is 16.1 Å². The zero-order chi connectivity index (χ0) is 18.7. The van der Waals surface area contributed by atoms with Crippen molar-refractivity contribution in [3.63, 3.8) is 0 Å². The van der Waals surface area contributed by atoms with Crippen LogP contribution in [0.3, 0.4) is 0 Å². The normalized spacial score (nSPS) is 18.2. The topological polar surface area (TPSA) is 75.7 Å². The highest BCUT2D eigenvalue weighted by atomic mass is 32.2. The zero-order valence-electron chi connectivity index (χ0n) is 14.8. The Hall–Kier alpha value is -2.22. The van der Waals surface area contributed by atoms with Gasteiger partial charge in [0, 0.05) is 12.2 Å². The van der Waals surface area contributed by atoms with Crippen molar-refractivity contribution >= 4 is 21.6 Å². The monoisotopic (exact) mass is 374 g/mol. The van der Waals surface area contributed by atoms with Crippen molar-refractivity contribution in [3.8, 4) is 0 Å². The number of carbonyl (C=O) groups is 1. The van der Waals surface area contributed by atoms with Crippen molar-refractivity contribution in [3.05, 3.63) is 59.7 Å². The van der Waals surface area contributed by atoms with Gasteiger partial charge in [-0.15, -0.1) is 0 Å². The van der Waals surface area contributed by atoms with E-state index in [0.717, 1.165) is 11.3 Å². The highest BCUT2D eigenvalue weighted by Crippen LogP contribution is 2.20. The minimum atomic E-state index is -3.63. The fourth-order valence-electron chi connectivity index (χ4n) is 2.86. The van der Waals surface area contributed by atoms with Gasteiger partial charge in [-0.2, -0.15) is 0 Å². The Morgan fingerprint density at radius 2 is 1.81 bits per heavy atom. The average Bonchev–Trinajstić information content (AvgIpc) is 2.62. The molecule has 0 spiro atoms. The number of amides is 1. The van der Waals surface area contributed by atoms with Crippen molar-refractivity contribution in [2.75, 3.05) is 24.6 Å². The molecule has 1 heterocycles. The number of sulfonamides is 1. The number of nitrogens with zero attached hydrogens (tertiary/aromatic N) is 1. The SMILES string of the molecule is Cc1ccc(N2CC(CNS(=O)(=O)c3ccccc3C)OCC2=O)cc1. The fraction of sp³-hybridized carbons (Fsp3) is 0.316. The van der Waals surface area contributed by atoms with E-state index >= 15 is 0 Å². The van der Waals surface area contributed by atoms with Gasteiger partial charge >= 0.3 is 0 Å². The first-order valence-corrected chi connectivity index (χ1v) is 9.89. The van der Waals surface area contributed by atoms with Gasteiger partial charge in [0.2, 0.25) is 10.0 Å². The standard InChI is InChI=1S/C19H22N2O4S/c1-14-7-9-16(10-8-14)21-12-17(25-13-19(21)22)11-20-26(23,24)18-6-4-3-5-15(18)2/h3-10,17,20H,11-13H2,1-2H3. The molecule has 0 saturated carbocycles. The molecule has 1 N–H and O–H groups in total. The number of benzene rings is 2. The molecule has 0 aliphatic carbocycles. The molecule has 1 atom stereocenters. The maximum Gasteiger partial charge on any atom is 0.253 e. The molecule has 1 unspecified atom stereocenters. The van der Waals surface area contributed by atoms with E-state index in [-0.39, 0.29) is 24.0 Å². The van der Waals surface area contributed by atoms with E-state index in [9.17, 15) is 13.2 Å². The predicted molar refractivity (Wildman–Crippen MR) is 99.6 cm³/mol. The molecule has 2 aromatic carbocycles. The molecular formula is C19H22N2O4S. The number of hydrogen-bond acceptors (Lipinski definition) is 4. The van der Waals surface area contributed by atoms with E-state index in [1.165, 1.54) is 0 Å². The van der Waals surface area contributed by atoms with Gasteiger partial charge in [-0.25, -0.2) is 13.1 Å². The fourth-order valence-corrected chi connectivity index (χ4v) is 4.17. The van der Waals surface area contributed by atoms with Gasteiger partial charge in [0.25, 0.3) is 5.91 Å². The number of carbonyl (C=O) groups excluding carboxylic acids is 1.